The third kappa shape index (κ3) is 2.08. The second-order valence-electron chi connectivity index (χ2n) is 5.46. The third-order valence-corrected chi connectivity index (χ3v) is 4.05. The van der Waals surface area contributed by atoms with E-state index in [4.69, 9.17) is 5.73 Å². The summed E-state index contributed by atoms with van der Waals surface area (Å²) in [4.78, 5) is 6.61. The topological polar surface area (TPSA) is 47.1 Å². The highest BCUT2D eigenvalue weighted by Crippen LogP contribution is 2.30. The van der Waals surface area contributed by atoms with Gasteiger partial charge in [0.1, 0.15) is 5.82 Å². The Hall–Kier alpha value is -1.62. The molecule has 0 radical (unpaired) electrons. The molecule has 1 aromatic carbocycles. The van der Waals surface area contributed by atoms with Crippen LogP contribution in [0.4, 0.5) is 10.3 Å². The Morgan fingerprint density at radius 3 is 2.68 bits per heavy atom. The van der Waals surface area contributed by atoms with Crippen LogP contribution in [0.2, 0.25) is 0 Å². The molecule has 2 N–H and O–H groups in total. The number of nitrogens with zero attached hydrogens (tertiary/aromatic N) is 3. The molecular formula is C14H19FN4. The van der Waals surface area contributed by atoms with Gasteiger partial charge in [0.25, 0.3) is 0 Å². The SMILES string of the molecule is Cc1cc2c(cc1F)nc(N)n2C1CCN(C)CC1. The van der Waals surface area contributed by atoms with Crippen LogP contribution in [0, 0.1) is 12.7 Å². The zero-order chi connectivity index (χ0) is 13.6. The Balaban J connectivity index is 2.07. The van der Waals surface area contributed by atoms with E-state index in [9.17, 15) is 4.39 Å². The molecule has 1 aromatic heterocycles. The first-order valence-corrected chi connectivity index (χ1v) is 6.68. The van der Waals surface area contributed by atoms with E-state index in [1.54, 1.807) is 6.92 Å². The summed E-state index contributed by atoms with van der Waals surface area (Å²) in [6.07, 6.45) is 2.12. The number of aromatic nitrogens is 2. The number of halogens is 1. The highest BCUT2D eigenvalue weighted by molar-refractivity contribution is 5.79. The number of nitrogens with two attached hydrogens (primary N) is 1. The van der Waals surface area contributed by atoms with E-state index in [0.29, 0.717) is 23.1 Å². The smallest absolute Gasteiger partial charge is 0.201 e. The van der Waals surface area contributed by atoms with Crippen molar-refractivity contribution < 1.29 is 4.39 Å². The Bertz CT molecular complexity index is 611. The first-order chi connectivity index (χ1) is 9.06. The molecule has 4 nitrogen and oxygen atoms in total. The lowest BCUT2D eigenvalue weighted by atomic mass is 10.0. The molecule has 1 fully saturated rings. The average molecular weight is 262 g/mol. The molecule has 0 spiro atoms. The van der Waals surface area contributed by atoms with Crippen molar-refractivity contribution in [1.29, 1.82) is 0 Å². The summed E-state index contributed by atoms with van der Waals surface area (Å²) in [5.74, 6) is 0.273. The normalized spacial score (nSPS) is 18.3. The van der Waals surface area contributed by atoms with Gasteiger partial charge in [0, 0.05) is 12.1 Å². The van der Waals surface area contributed by atoms with Crippen molar-refractivity contribution in [3.8, 4) is 0 Å². The molecule has 0 unspecified atom stereocenters. The van der Waals surface area contributed by atoms with E-state index in [1.807, 2.05) is 6.07 Å². The highest BCUT2D eigenvalue weighted by Gasteiger charge is 2.22. The minimum atomic E-state index is -0.222. The van der Waals surface area contributed by atoms with Gasteiger partial charge in [-0.15, -0.1) is 0 Å². The number of piperidine rings is 1. The molecule has 102 valence electrons. The monoisotopic (exact) mass is 262 g/mol. The number of nitrogen functional groups attached to an aromatic ring is 1. The fourth-order valence-corrected chi connectivity index (χ4v) is 2.88. The van der Waals surface area contributed by atoms with Crippen molar-refractivity contribution in [3.63, 3.8) is 0 Å². The molecule has 0 atom stereocenters. The molecule has 19 heavy (non-hydrogen) atoms. The Morgan fingerprint density at radius 1 is 1.32 bits per heavy atom. The van der Waals surface area contributed by atoms with Gasteiger partial charge < -0.3 is 15.2 Å². The van der Waals surface area contributed by atoms with Crippen LogP contribution in [-0.2, 0) is 0 Å². The molecular weight excluding hydrogens is 243 g/mol. The van der Waals surface area contributed by atoms with Crippen molar-refractivity contribution >= 4 is 17.0 Å². The van der Waals surface area contributed by atoms with Crippen LogP contribution in [0.15, 0.2) is 12.1 Å². The van der Waals surface area contributed by atoms with Gasteiger partial charge in [-0.3, -0.25) is 0 Å². The van der Waals surface area contributed by atoms with Crippen molar-refractivity contribution in [2.75, 3.05) is 25.9 Å². The van der Waals surface area contributed by atoms with Crippen LogP contribution in [-0.4, -0.2) is 34.6 Å². The largest absolute Gasteiger partial charge is 0.369 e. The molecule has 0 saturated carbocycles. The van der Waals surface area contributed by atoms with Gasteiger partial charge in [-0.2, -0.15) is 0 Å². The van der Waals surface area contributed by atoms with Crippen LogP contribution >= 0.6 is 0 Å². The van der Waals surface area contributed by atoms with Crippen LogP contribution in [0.5, 0.6) is 0 Å². The minimum absolute atomic E-state index is 0.222. The van der Waals surface area contributed by atoms with Gasteiger partial charge in [0.2, 0.25) is 5.95 Å². The summed E-state index contributed by atoms with van der Waals surface area (Å²) in [6, 6.07) is 3.70. The van der Waals surface area contributed by atoms with E-state index in [-0.39, 0.29) is 5.82 Å². The van der Waals surface area contributed by atoms with Crippen molar-refractivity contribution in [1.82, 2.24) is 14.5 Å². The number of hydrogen-bond acceptors (Lipinski definition) is 3. The van der Waals surface area contributed by atoms with Crippen molar-refractivity contribution in [3.05, 3.63) is 23.5 Å². The maximum Gasteiger partial charge on any atom is 0.201 e. The van der Waals surface area contributed by atoms with Gasteiger partial charge in [0.15, 0.2) is 0 Å². The van der Waals surface area contributed by atoms with Gasteiger partial charge in [-0.05, 0) is 51.5 Å². The second kappa shape index (κ2) is 4.49. The van der Waals surface area contributed by atoms with Gasteiger partial charge in [-0.25, -0.2) is 9.37 Å². The molecule has 0 bridgehead atoms. The van der Waals surface area contributed by atoms with Crippen LogP contribution in [0.3, 0.4) is 0 Å². The number of benzene rings is 1. The van der Waals surface area contributed by atoms with Crippen molar-refractivity contribution in [2.45, 2.75) is 25.8 Å². The number of imidazole rings is 1. The molecule has 2 aromatic rings. The summed E-state index contributed by atoms with van der Waals surface area (Å²) in [7, 11) is 2.13. The van der Waals surface area contributed by atoms with Gasteiger partial charge >= 0.3 is 0 Å². The third-order valence-electron chi connectivity index (χ3n) is 4.05. The molecule has 5 heteroatoms. The Labute approximate surface area is 112 Å². The Morgan fingerprint density at radius 2 is 2.00 bits per heavy atom. The van der Waals surface area contributed by atoms with E-state index >= 15 is 0 Å². The fraction of sp³-hybridized carbons (Fsp3) is 0.500. The lowest BCUT2D eigenvalue weighted by Crippen LogP contribution is -2.31. The zero-order valence-electron chi connectivity index (χ0n) is 11.4. The number of rotatable bonds is 1. The van der Waals surface area contributed by atoms with E-state index in [1.165, 1.54) is 6.07 Å². The molecule has 3 rings (SSSR count). The van der Waals surface area contributed by atoms with Gasteiger partial charge in [-0.1, -0.05) is 0 Å². The molecule has 1 saturated heterocycles. The first kappa shape index (κ1) is 12.4. The molecule has 2 heterocycles. The second-order valence-corrected chi connectivity index (χ2v) is 5.46. The van der Waals surface area contributed by atoms with E-state index < -0.39 is 0 Å². The summed E-state index contributed by atoms with van der Waals surface area (Å²) >= 11 is 0. The molecule has 0 aliphatic carbocycles. The molecule has 0 amide bonds. The number of likely N-dealkylation sites (tertiary alicyclic amines) is 1. The van der Waals surface area contributed by atoms with Crippen LogP contribution in [0.1, 0.15) is 24.4 Å². The van der Waals surface area contributed by atoms with Crippen LogP contribution < -0.4 is 5.73 Å². The highest BCUT2D eigenvalue weighted by atomic mass is 19.1. The summed E-state index contributed by atoms with van der Waals surface area (Å²) < 4.78 is 15.7. The Kier molecular flexibility index (Phi) is 2.93. The standard InChI is InChI=1S/C14H19FN4/c1-9-7-13-12(8-11(9)15)17-14(16)19(13)10-3-5-18(2)6-4-10/h7-8,10H,3-6H2,1-2H3,(H2,16,17). The quantitative estimate of drug-likeness (QED) is 0.858. The maximum absolute atomic E-state index is 13.6. The molecule has 1 aliphatic rings. The number of aryl methyl sites for hydroxylation is 1. The lowest BCUT2D eigenvalue weighted by molar-refractivity contribution is 0.225. The number of hydrogen-bond donors (Lipinski definition) is 1. The fourth-order valence-electron chi connectivity index (χ4n) is 2.88. The number of fused-ring (bicyclic) bond motifs is 1. The van der Waals surface area contributed by atoms with E-state index in [2.05, 4.69) is 21.5 Å². The predicted molar refractivity (Wildman–Crippen MR) is 74.6 cm³/mol. The predicted octanol–water partition coefficient (Wildman–Crippen LogP) is 2.33. The zero-order valence-corrected chi connectivity index (χ0v) is 11.4. The lowest BCUT2D eigenvalue weighted by Gasteiger charge is -2.30. The minimum Gasteiger partial charge on any atom is -0.369 e. The first-order valence-electron chi connectivity index (χ1n) is 6.68. The summed E-state index contributed by atoms with van der Waals surface area (Å²) in [5.41, 5.74) is 8.28. The average Bonchev–Trinajstić information content (AvgIpc) is 2.67. The van der Waals surface area contributed by atoms with Crippen LogP contribution in [0.25, 0.3) is 11.0 Å². The van der Waals surface area contributed by atoms with Gasteiger partial charge in [0.05, 0.1) is 11.0 Å². The maximum atomic E-state index is 13.6. The molecule has 1 aliphatic heterocycles. The van der Waals surface area contributed by atoms with Crippen molar-refractivity contribution in [2.24, 2.45) is 0 Å². The van der Waals surface area contributed by atoms with E-state index in [0.717, 1.165) is 31.4 Å². The summed E-state index contributed by atoms with van der Waals surface area (Å²) in [5, 5.41) is 0. The summed E-state index contributed by atoms with van der Waals surface area (Å²) in [6.45, 7) is 3.89. The number of anilines is 1.